The maximum Gasteiger partial charge on any atom is 0.411 e. The number of fused-ring (bicyclic) bond motifs is 1. The third-order valence-electron chi connectivity index (χ3n) is 6.21. The van der Waals surface area contributed by atoms with Crippen LogP contribution in [0.4, 0.5) is 15.3 Å². The molecule has 2 aromatic rings. The molecular weight excluding hydrogens is 420 g/mol. The monoisotopic (exact) mass is 452 g/mol. The van der Waals surface area contributed by atoms with Crippen molar-refractivity contribution in [2.75, 3.05) is 25.5 Å². The number of nitrogens with one attached hydrogen (secondary N) is 1. The Bertz CT molecular complexity index is 1020. The normalized spacial score (nSPS) is 17.0. The van der Waals surface area contributed by atoms with Crippen molar-refractivity contribution in [1.82, 2.24) is 4.90 Å². The van der Waals surface area contributed by atoms with E-state index in [1.165, 1.54) is 12.7 Å². The largest absolute Gasteiger partial charge is 0.487 e. The quantitative estimate of drug-likeness (QED) is 0.639. The van der Waals surface area contributed by atoms with Gasteiger partial charge in [0, 0.05) is 31.6 Å². The van der Waals surface area contributed by atoms with Crippen molar-refractivity contribution in [3.63, 3.8) is 0 Å². The van der Waals surface area contributed by atoms with Gasteiger partial charge < -0.3 is 19.1 Å². The van der Waals surface area contributed by atoms with Gasteiger partial charge in [0.15, 0.2) is 0 Å². The summed E-state index contributed by atoms with van der Waals surface area (Å²) < 4.78 is 16.7. The van der Waals surface area contributed by atoms with Crippen molar-refractivity contribution in [3.05, 3.63) is 48.0 Å². The van der Waals surface area contributed by atoms with E-state index >= 15 is 0 Å². The van der Waals surface area contributed by atoms with Crippen molar-refractivity contribution in [1.29, 1.82) is 0 Å². The first-order valence-corrected chi connectivity index (χ1v) is 11.4. The van der Waals surface area contributed by atoms with E-state index in [-0.39, 0.29) is 11.7 Å². The van der Waals surface area contributed by atoms with E-state index in [9.17, 15) is 9.59 Å². The number of aryl methyl sites for hydroxylation is 1. The van der Waals surface area contributed by atoms with Crippen molar-refractivity contribution < 1.29 is 23.8 Å². The fourth-order valence-electron chi connectivity index (χ4n) is 4.39. The van der Waals surface area contributed by atoms with Crippen LogP contribution in [0.1, 0.15) is 45.6 Å². The fourth-order valence-corrected chi connectivity index (χ4v) is 4.39. The van der Waals surface area contributed by atoms with Crippen LogP contribution in [-0.4, -0.2) is 48.5 Å². The van der Waals surface area contributed by atoms with E-state index in [1.807, 2.05) is 51.1 Å². The molecular formula is C26H32N2O5. The Hall–Kier alpha value is -3.22. The van der Waals surface area contributed by atoms with Gasteiger partial charge in [0.1, 0.15) is 17.0 Å². The van der Waals surface area contributed by atoms with Gasteiger partial charge in [-0.1, -0.05) is 18.2 Å². The Labute approximate surface area is 195 Å². The molecule has 33 heavy (non-hydrogen) atoms. The Kier molecular flexibility index (Phi) is 6.23. The number of nitrogens with zero attached hydrogens (tertiary/aromatic N) is 1. The third kappa shape index (κ3) is 5.41. The molecule has 7 nitrogen and oxygen atoms in total. The minimum atomic E-state index is -0.487. The highest BCUT2D eigenvalue weighted by Gasteiger charge is 2.41. The molecule has 2 aliphatic rings. The molecule has 0 atom stereocenters. The number of piperidine rings is 1. The van der Waals surface area contributed by atoms with E-state index < -0.39 is 11.7 Å². The minimum Gasteiger partial charge on any atom is -0.487 e. The molecule has 1 saturated heterocycles. The lowest BCUT2D eigenvalue weighted by Gasteiger charge is -2.44. The smallest absolute Gasteiger partial charge is 0.411 e. The molecule has 0 unspecified atom stereocenters. The van der Waals surface area contributed by atoms with Gasteiger partial charge >= 0.3 is 12.2 Å². The van der Waals surface area contributed by atoms with E-state index in [4.69, 9.17) is 9.47 Å². The second kappa shape index (κ2) is 8.96. The molecule has 0 aromatic heterocycles. The number of likely N-dealkylation sites (tertiary alicyclic amines) is 1. The number of rotatable bonds is 2. The van der Waals surface area contributed by atoms with E-state index in [0.29, 0.717) is 18.8 Å². The van der Waals surface area contributed by atoms with Gasteiger partial charge in [0.25, 0.3) is 0 Å². The first kappa shape index (κ1) is 23.0. The molecule has 2 aromatic carbocycles. The van der Waals surface area contributed by atoms with Gasteiger partial charge in [-0.25, -0.2) is 9.59 Å². The topological polar surface area (TPSA) is 77.1 Å². The van der Waals surface area contributed by atoms with E-state index in [1.54, 1.807) is 4.90 Å². The molecule has 0 radical (unpaired) electrons. The number of anilines is 1. The second-order valence-electron chi connectivity index (χ2n) is 9.77. The van der Waals surface area contributed by atoms with E-state index in [0.717, 1.165) is 42.6 Å². The zero-order valence-electron chi connectivity index (χ0n) is 19.8. The molecule has 4 rings (SSSR count). The van der Waals surface area contributed by atoms with E-state index in [2.05, 4.69) is 22.2 Å². The predicted octanol–water partition coefficient (Wildman–Crippen LogP) is 5.63. The maximum atomic E-state index is 12.4. The summed E-state index contributed by atoms with van der Waals surface area (Å²) in [6.07, 6.45) is 2.76. The molecule has 1 N–H and O–H groups in total. The average Bonchev–Trinajstić information content (AvgIpc) is 2.78. The number of hydrogen-bond acceptors (Lipinski definition) is 5. The number of carbonyl (C=O) groups is 2. The van der Waals surface area contributed by atoms with Crippen LogP contribution < -0.4 is 10.1 Å². The summed E-state index contributed by atoms with van der Waals surface area (Å²) in [5.74, 6) is 0.930. The molecule has 7 heteroatoms. The van der Waals surface area contributed by atoms with Gasteiger partial charge in [0.2, 0.25) is 0 Å². The molecule has 0 bridgehead atoms. The van der Waals surface area contributed by atoms with Crippen molar-refractivity contribution in [2.24, 2.45) is 0 Å². The van der Waals surface area contributed by atoms with Crippen LogP contribution in [0.15, 0.2) is 42.5 Å². The first-order chi connectivity index (χ1) is 15.7. The van der Waals surface area contributed by atoms with Crippen molar-refractivity contribution >= 4 is 17.9 Å². The molecule has 176 valence electrons. The van der Waals surface area contributed by atoms with Crippen LogP contribution in [0.25, 0.3) is 11.1 Å². The number of amides is 2. The summed E-state index contributed by atoms with van der Waals surface area (Å²) in [6.45, 7) is 6.96. The highest BCUT2D eigenvalue weighted by molar-refractivity contribution is 5.85. The summed E-state index contributed by atoms with van der Waals surface area (Å²) in [4.78, 5) is 25.5. The van der Waals surface area contributed by atoms with Crippen LogP contribution >= 0.6 is 0 Å². The van der Waals surface area contributed by atoms with Gasteiger partial charge in [-0.05, 0) is 74.6 Å². The second-order valence-corrected chi connectivity index (χ2v) is 9.77. The SMILES string of the molecule is COC(=O)Nc1ccc(-c2ccc3c(c2)CCC2(CCN(C(=O)OC(C)(C)C)CC2)O3)cc1. The van der Waals surface area contributed by atoms with Gasteiger partial charge in [-0.15, -0.1) is 0 Å². The van der Waals surface area contributed by atoms with Gasteiger partial charge in [-0.3, -0.25) is 5.32 Å². The Morgan fingerprint density at radius 1 is 1.00 bits per heavy atom. The van der Waals surface area contributed by atoms with Crippen LogP contribution in [0.5, 0.6) is 5.75 Å². The number of hydrogen-bond donors (Lipinski definition) is 1. The van der Waals surface area contributed by atoms with Crippen LogP contribution in [0.2, 0.25) is 0 Å². The Balaban J connectivity index is 1.40. The maximum absolute atomic E-state index is 12.4. The zero-order valence-corrected chi connectivity index (χ0v) is 19.8. The highest BCUT2D eigenvalue weighted by Crippen LogP contribution is 2.41. The molecule has 1 spiro atoms. The number of methoxy groups -OCH3 is 1. The molecule has 1 fully saturated rings. The van der Waals surface area contributed by atoms with Crippen LogP contribution in [-0.2, 0) is 15.9 Å². The fraction of sp³-hybridized carbons (Fsp3) is 0.462. The number of benzene rings is 2. The zero-order chi connectivity index (χ0) is 23.6. The standard InChI is InChI=1S/C26H32N2O5/c1-25(2,3)33-24(30)28-15-13-26(14-16-28)12-11-20-17-19(7-10-22(20)32-26)18-5-8-21(9-6-18)27-23(29)31-4/h5-10,17H,11-16H2,1-4H3,(H,27,29). The van der Waals surface area contributed by atoms with Crippen LogP contribution in [0, 0.1) is 0 Å². The van der Waals surface area contributed by atoms with Crippen molar-refractivity contribution in [2.45, 2.75) is 57.7 Å². The molecule has 0 aliphatic carbocycles. The first-order valence-electron chi connectivity index (χ1n) is 11.4. The summed E-state index contributed by atoms with van der Waals surface area (Å²) >= 11 is 0. The van der Waals surface area contributed by atoms with Gasteiger partial charge in [0.05, 0.1) is 7.11 Å². The van der Waals surface area contributed by atoms with Crippen LogP contribution in [0.3, 0.4) is 0 Å². The molecule has 2 aliphatic heterocycles. The molecule has 0 saturated carbocycles. The number of ether oxygens (including phenoxy) is 3. The lowest BCUT2D eigenvalue weighted by Crippen LogP contribution is -2.52. The summed E-state index contributed by atoms with van der Waals surface area (Å²) in [7, 11) is 1.34. The summed E-state index contributed by atoms with van der Waals surface area (Å²) in [5, 5.41) is 2.66. The lowest BCUT2D eigenvalue weighted by molar-refractivity contribution is -0.0272. The average molecular weight is 453 g/mol. The van der Waals surface area contributed by atoms with Gasteiger partial charge in [-0.2, -0.15) is 0 Å². The Morgan fingerprint density at radius 2 is 1.67 bits per heavy atom. The molecule has 2 amide bonds. The third-order valence-corrected chi connectivity index (χ3v) is 6.21. The lowest BCUT2D eigenvalue weighted by atomic mass is 9.82. The number of carbonyl (C=O) groups excluding carboxylic acids is 2. The summed E-state index contributed by atoms with van der Waals surface area (Å²) in [6, 6.07) is 14.0. The Morgan fingerprint density at radius 3 is 2.30 bits per heavy atom. The predicted molar refractivity (Wildman–Crippen MR) is 127 cm³/mol. The molecule has 2 heterocycles. The summed E-state index contributed by atoms with van der Waals surface area (Å²) in [5.41, 5.74) is 3.37. The highest BCUT2D eigenvalue weighted by atomic mass is 16.6. The van der Waals surface area contributed by atoms with Crippen molar-refractivity contribution in [3.8, 4) is 16.9 Å². The minimum absolute atomic E-state index is 0.214.